The van der Waals surface area contributed by atoms with Crippen molar-refractivity contribution >= 4 is 17.4 Å². The van der Waals surface area contributed by atoms with E-state index in [1.807, 2.05) is 23.7 Å². The molecule has 0 spiro atoms. The van der Waals surface area contributed by atoms with Gasteiger partial charge in [0.2, 0.25) is 0 Å². The fourth-order valence-corrected chi connectivity index (χ4v) is 4.85. The molecule has 0 bridgehead atoms. The second-order valence-corrected chi connectivity index (χ2v) is 9.41. The van der Waals surface area contributed by atoms with E-state index in [-0.39, 0.29) is 23.7 Å². The van der Waals surface area contributed by atoms with Crippen molar-refractivity contribution in [1.82, 2.24) is 20.3 Å². The van der Waals surface area contributed by atoms with Gasteiger partial charge in [-0.15, -0.1) is 0 Å². The molecule has 0 radical (unpaired) electrons. The maximum absolute atomic E-state index is 12.3. The Bertz CT molecular complexity index is 1170. The molecule has 1 aliphatic heterocycles. The minimum atomic E-state index is -0.804. The molecule has 190 valence electrons. The summed E-state index contributed by atoms with van der Waals surface area (Å²) in [4.78, 5) is 38.7. The molecular weight excluding hydrogens is 460 g/mol. The Balaban J connectivity index is 1.38. The van der Waals surface area contributed by atoms with Gasteiger partial charge in [-0.05, 0) is 56.3 Å². The Morgan fingerprint density at radius 3 is 2.53 bits per heavy atom. The number of aliphatic hydroxyl groups excluding tert-OH is 1. The molecule has 0 saturated carbocycles. The fraction of sp³-hybridized carbons (Fsp3) is 0.407. The summed E-state index contributed by atoms with van der Waals surface area (Å²) in [7, 11) is 0. The molecule has 1 unspecified atom stereocenters. The van der Waals surface area contributed by atoms with Crippen LogP contribution in [0.5, 0.6) is 5.75 Å². The summed E-state index contributed by atoms with van der Waals surface area (Å²) in [6.07, 6.45) is 9.53. The fourth-order valence-electron chi connectivity index (χ4n) is 4.85. The number of aliphatic hydroxyl groups is 1. The van der Waals surface area contributed by atoms with Crippen LogP contribution in [0, 0.1) is 12.8 Å². The van der Waals surface area contributed by atoms with Gasteiger partial charge in [-0.1, -0.05) is 48.6 Å². The van der Waals surface area contributed by atoms with Gasteiger partial charge in [0.25, 0.3) is 0 Å². The van der Waals surface area contributed by atoms with E-state index in [4.69, 9.17) is 0 Å². The first kappa shape index (κ1) is 25.5. The van der Waals surface area contributed by atoms with E-state index in [0.717, 1.165) is 39.3 Å². The highest BCUT2D eigenvalue weighted by Gasteiger charge is 2.37. The average molecular weight is 493 g/mol. The highest BCUT2D eigenvalue weighted by molar-refractivity contribution is 5.95. The van der Waals surface area contributed by atoms with Gasteiger partial charge in [0, 0.05) is 13.3 Å². The van der Waals surface area contributed by atoms with Crippen molar-refractivity contribution in [3.8, 4) is 5.75 Å². The number of hydrogen-bond acceptors (Lipinski definition) is 8. The summed E-state index contributed by atoms with van der Waals surface area (Å²) < 4.78 is 0. The molecule has 1 fully saturated rings. The molecule has 2 aromatic rings. The maximum atomic E-state index is 12.3. The van der Waals surface area contributed by atoms with E-state index >= 15 is 0 Å². The van der Waals surface area contributed by atoms with Gasteiger partial charge in [0.1, 0.15) is 5.82 Å². The Labute approximate surface area is 210 Å². The standard InChI is InChI=1S/C27H32N4O5/c1-18-25(34)24(26(35)30-36-19(2)33)29-23(28-18)16-20-10-14-31(15-11-20)27(17-32)12-8-22(9-13-27)21-6-4-3-5-7-21/h3-9,12,20,32,34H,10-11,13-17H2,1-2H3,(H,30,35). The van der Waals surface area contributed by atoms with Crippen LogP contribution in [-0.4, -0.2) is 62.2 Å². The van der Waals surface area contributed by atoms with Crippen molar-refractivity contribution in [3.05, 3.63) is 71.3 Å². The molecule has 1 aromatic heterocycles. The lowest BCUT2D eigenvalue weighted by Crippen LogP contribution is -2.53. The summed E-state index contributed by atoms with van der Waals surface area (Å²) in [6.45, 7) is 4.45. The number of allylic oxidation sites excluding steroid dienone is 2. The molecule has 36 heavy (non-hydrogen) atoms. The number of benzene rings is 1. The van der Waals surface area contributed by atoms with Gasteiger partial charge >= 0.3 is 11.9 Å². The van der Waals surface area contributed by atoms with Crippen molar-refractivity contribution in [1.29, 1.82) is 0 Å². The van der Waals surface area contributed by atoms with Crippen LogP contribution in [0.25, 0.3) is 5.57 Å². The number of aromatic nitrogens is 2. The number of carbonyl (C=O) groups is 2. The van der Waals surface area contributed by atoms with Gasteiger partial charge < -0.3 is 15.1 Å². The topological polar surface area (TPSA) is 125 Å². The number of nitrogens with one attached hydrogen (secondary N) is 1. The van der Waals surface area contributed by atoms with E-state index in [2.05, 4.69) is 50.1 Å². The number of rotatable bonds is 6. The lowest BCUT2D eigenvalue weighted by Gasteiger charge is -2.45. The minimum Gasteiger partial charge on any atom is -0.504 e. The Kier molecular flexibility index (Phi) is 7.81. The van der Waals surface area contributed by atoms with E-state index in [1.165, 1.54) is 11.1 Å². The number of piperidine rings is 1. The lowest BCUT2D eigenvalue weighted by molar-refractivity contribution is -0.146. The molecule has 1 amide bonds. The van der Waals surface area contributed by atoms with Crippen molar-refractivity contribution in [2.45, 2.75) is 45.1 Å². The molecule has 9 heteroatoms. The van der Waals surface area contributed by atoms with E-state index in [9.17, 15) is 19.8 Å². The predicted molar refractivity (Wildman–Crippen MR) is 134 cm³/mol. The molecule has 2 heterocycles. The van der Waals surface area contributed by atoms with Crippen molar-refractivity contribution in [3.63, 3.8) is 0 Å². The molecule has 3 N–H and O–H groups in total. The molecule has 1 saturated heterocycles. The van der Waals surface area contributed by atoms with Crippen LogP contribution >= 0.6 is 0 Å². The third kappa shape index (κ3) is 5.63. The van der Waals surface area contributed by atoms with E-state index in [1.54, 1.807) is 6.92 Å². The maximum Gasteiger partial charge on any atom is 0.329 e. The molecule has 1 aliphatic carbocycles. The molecular formula is C27H32N4O5. The second kappa shape index (κ2) is 11.0. The van der Waals surface area contributed by atoms with Crippen molar-refractivity contribution in [2.75, 3.05) is 19.7 Å². The molecule has 1 aromatic carbocycles. The summed E-state index contributed by atoms with van der Waals surface area (Å²) in [5.74, 6) is -1.06. The van der Waals surface area contributed by atoms with Crippen LogP contribution in [0.4, 0.5) is 0 Å². The highest BCUT2D eigenvalue weighted by Crippen LogP contribution is 2.34. The van der Waals surface area contributed by atoms with Crippen LogP contribution in [0.2, 0.25) is 0 Å². The lowest BCUT2D eigenvalue weighted by atomic mass is 9.83. The van der Waals surface area contributed by atoms with Gasteiger partial charge in [-0.3, -0.25) is 14.5 Å². The van der Waals surface area contributed by atoms with Gasteiger partial charge in [0.15, 0.2) is 11.4 Å². The third-order valence-electron chi connectivity index (χ3n) is 6.95. The number of hydroxylamine groups is 1. The summed E-state index contributed by atoms with van der Waals surface area (Å²) >= 11 is 0. The largest absolute Gasteiger partial charge is 0.504 e. The number of amides is 1. The number of carbonyl (C=O) groups excluding carboxylic acids is 2. The molecule has 1 atom stereocenters. The quantitative estimate of drug-likeness (QED) is 0.526. The number of hydrogen-bond donors (Lipinski definition) is 3. The average Bonchev–Trinajstić information content (AvgIpc) is 2.90. The SMILES string of the molecule is CC(=O)ONC(=O)c1nc(CC2CCN(C3(CO)C=CC(c4ccccc4)=CC3)CC2)nc(C)c1O. The first-order valence-corrected chi connectivity index (χ1v) is 12.2. The number of aryl methyl sites for hydroxylation is 1. The summed E-state index contributed by atoms with van der Waals surface area (Å²) in [6, 6.07) is 10.2. The second-order valence-electron chi connectivity index (χ2n) is 9.41. The minimum absolute atomic E-state index is 0.0494. The van der Waals surface area contributed by atoms with Crippen LogP contribution in [0.1, 0.15) is 53.8 Å². The molecule has 9 nitrogen and oxygen atoms in total. The Morgan fingerprint density at radius 1 is 1.19 bits per heavy atom. The smallest absolute Gasteiger partial charge is 0.329 e. The number of nitrogens with zero attached hydrogens (tertiary/aromatic N) is 3. The van der Waals surface area contributed by atoms with Crippen LogP contribution in [0.15, 0.2) is 48.6 Å². The zero-order valence-electron chi connectivity index (χ0n) is 20.6. The number of likely N-dealkylation sites (tertiary alicyclic amines) is 1. The van der Waals surface area contributed by atoms with Gasteiger partial charge in [-0.25, -0.2) is 9.97 Å². The predicted octanol–water partition coefficient (Wildman–Crippen LogP) is 2.73. The summed E-state index contributed by atoms with van der Waals surface area (Å²) in [5.41, 5.74) is 3.99. The Hall–Kier alpha value is -3.56. The van der Waals surface area contributed by atoms with Gasteiger partial charge in [-0.2, -0.15) is 5.48 Å². The van der Waals surface area contributed by atoms with E-state index < -0.39 is 17.4 Å². The summed E-state index contributed by atoms with van der Waals surface area (Å²) in [5, 5.41) is 20.6. The van der Waals surface area contributed by atoms with Crippen molar-refractivity contribution < 1.29 is 24.6 Å². The zero-order chi connectivity index (χ0) is 25.7. The van der Waals surface area contributed by atoms with Crippen LogP contribution < -0.4 is 5.48 Å². The highest BCUT2D eigenvalue weighted by atomic mass is 16.7. The monoisotopic (exact) mass is 492 g/mol. The first-order valence-electron chi connectivity index (χ1n) is 12.2. The van der Waals surface area contributed by atoms with Crippen molar-refractivity contribution in [2.24, 2.45) is 5.92 Å². The first-order chi connectivity index (χ1) is 17.3. The van der Waals surface area contributed by atoms with Crippen LogP contribution in [0.3, 0.4) is 0 Å². The molecule has 2 aliphatic rings. The molecule has 4 rings (SSSR count). The third-order valence-corrected chi connectivity index (χ3v) is 6.95. The number of aromatic hydroxyl groups is 1. The van der Waals surface area contributed by atoms with Gasteiger partial charge in [0.05, 0.1) is 17.8 Å². The van der Waals surface area contributed by atoms with E-state index in [0.29, 0.717) is 18.2 Å². The Morgan fingerprint density at radius 2 is 1.92 bits per heavy atom. The normalized spacial score (nSPS) is 20.6. The van der Waals surface area contributed by atoms with Crippen LogP contribution in [-0.2, 0) is 16.1 Å². The zero-order valence-corrected chi connectivity index (χ0v) is 20.6.